The van der Waals surface area contributed by atoms with Crippen LogP contribution in [0.1, 0.15) is 0 Å². The van der Waals surface area contributed by atoms with Gasteiger partial charge in [-0.1, -0.05) is 205 Å². The van der Waals surface area contributed by atoms with Crippen molar-refractivity contribution in [2.24, 2.45) is 0 Å². The Morgan fingerprint density at radius 1 is 0.329 bits per heavy atom. The van der Waals surface area contributed by atoms with E-state index in [9.17, 15) is 0 Å². The van der Waals surface area contributed by atoms with Gasteiger partial charge in [0.15, 0.2) is 0 Å². The topological polar surface area (TPSA) is 24.9 Å². The van der Waals surface area contributed by atoms with Crippen molar-refractivity contribution >= 4 is 92.1 Å². The van der Waals surface area contributed by atoms with Gasteiger partial charge in [-0.3, -0.25) is 0 Å². The Bertz CT molecular complexity index is 3870. The first-order valence-electron chi connectivity index (χ1n) is 25.0. The first-order chi connectivity index (χ1) is 36.2. The molecular weight excluding hydrogens is 906 g/mol. The molecule has 0 N–H and O–H groups in total. The van der Waals surface area contributed by atoms with Crippen molar-refractivity contribution in [2.75, 3.05) is 9.80 Å². The lowest BCUT2D eigenvalue weighted by Gasteiger charge is -2.42. The van der Waals surface area contributed by atoms with Gasteiger partial charge in [-0.2, -0.15) is 0 Å². The quantitative estimate of drug-likeness (QED) is 0.148. The molecule has 73 heavy (non-hydrogen) atoms. The molecule has 0 radical (unpaired) electrons. The van der Waals surface area contributed by atoms with Gasteiger partial charge in [0.05, 0.1) is 11.4 Å². The fourth-order valence-electron chi connectivity index (χ4n) is 11.9. The van der Waals surface area contributed by atoms with Gasteiger partial charge in [0.2, 0.25) is 0 Å². The minimum atomic E-state index is -0.117. The molecule has 15 rings (SSSR count). The minimum Gasteiger partial charge on any atom is -0.458 e. The number of para-hydroxylation sites is 5. The van der Waals surface area contributed by atoms with E-state index in [0.29, 0.717) is 0 Å². The van der Waals surface area contributed by atoms with Crippen LogP contribution in [-0.4, -0.2) is 13.4 Å². The molecule has 11 aromatic carbocycles. The molecule has 7 heteroatoms. The van der Waals surface area contributed by atoms with Crippen molar-refractivity contribution in [3.05, 3.63) is 255 Å². The second-order valence-corrected chi connectivity index (χ2v) is 20.2. The number of hydrogen-bond donors (Lipinski definition) is 0. The molecule has 4 heterocycles. The van der Waals surface area contributed by atoms with Crippen LogP contribution in [0.25, 0.3) is 33.4 Å². The van der Waals surface area contributed by atoms with Crippen molar-refractivity contribution in [3.63, 3.8) is 0 Å². The summed E-state index contributed by atoms with van der Waals surface area (Å²) in [5, 5.41) is 0. The zero-order chi connectivity index (χ0) is 48.0. The highest BCUT2D eigenvalue weighted by molar-refractivity contribution is 8.00. The molecular formula is C66H42B2N2O2S. The van der Waals surface area contributed by atoms with Crippen LogP contribution in [0.3, 0.4) is 0 Å². The van der Waals surface area contributed by atoms with Crippen LogP contribution in [0.4, 0.5) is 34.1 Å². The molecule has 0 unspecified atom stereocenters. The summed E-state index contributed by atoms with van der Waals surface area (Å²) in [5.74, 6) is 3.52. The minimum absolute atomic E-state index is 0.0599. The number of rotatable bonds is 7. The van der Waals surface area contributed by atoms with Crippen LogP contribution < -0.4 is 52.1 Å². The van der Waals surface area contributed by atoms with Gasteiger partial charge in [0.25, 0.3) is 13.4 Å². The first kappa shape index (κ1) is 41.8. The fourth-order valence-corrected chi connectivity index (χ4v) is 13.1. The molecule has 11 aromatic rings. The molecule has 0 spiro atoms. The maximum Gasteiger partial charge on any atom is 0.256 e. The number of ether oxygens (including phenoxy) is 2. The highest BCUT2D eigenvalue weighted by Gasteiger charge is 2.46. The smallest absolute Gasteiger partial charge is 0.256 e. The molecule has 4 nitrogen and oxygen atoms in total. The van der Waals surface area contributed by atoms with Crippen molar-refractivity contribution in [1.82, 2.24) is 0 Å². The summed E-state index contributed by atoms with van der Waals surface area (Å²) in [6, 6.07) is 92.1. The van der Waals surface area contributed by atoms with Crippen molar-refractivity contribution in [1.29, 1.82) is 0 Å². The summed E-state index contributed by atoms with van der Waals surface area (Å²) in [4.78, 5) is 7.21. The van der Waals surface area contributed by atoms with Gasteiger partial charge in [-0.05, 0) is 110 Å². The third-order valence-corrected chi connectivity index (χ3v) is 16.1. The third-order valence-electron chi connectivity index (χ3n) is 15.0. The normalized spacial score (nSPS) is 13.0. The molecule has 0 amide bonds. The fraction of sp³-hybridized carbons (Fsp3) is 0. The van der Waals surface area contributed by atoms with Gasteiger partial charge >= 0.3 is 0 Å². The van der Waals surface area contributed by atoms with Crippen LogP contribution in [0.15, 0.2) is 265 Å². The van der Waals surface area contributed by atoms with E-state index < -0.39 is 0 Å². The number of hydrogen-bond acceptors (Lipinski definition) is 5. The lowest BCUT2D eigenvalue weighted by atomic mass is 9.31. The summed E-state index contributed by atoms with van der Waals surface area (Å²) >= 11 is 1.81. The SMILES string of the molecule is c1ccc(-c2cc3c4c(c2)N(c2c(-c5ccccc5)cccc2-c2ccccc2)c2ccccc2B4c2cc4c(cc2O3)Sc2cc(N(c3ccccc3)c3ccccc3)cc3c2B4c2ccccc2O3)cc1. The van der Waals surface area contributed by atoms with E-state index in [0.717, 1.165) is 101 Å². The number of anilines is 6. The largest absolute Gasteiger partial charge is 0.458 e. The highest BCUT2D eigenvalue weighted by atomic mass is 32.2. The van der Waals surface area contributed by atoms with Gasteiger partial charge in [-0.25, -0.2) is 0 Å². The van der Waals surface area contributed by atoms with E-state index >= 15 is 0 Å². The van der Waals surface area contributed by atoms with Crippen molar-refractivity contribution in [2.45, 2.75) is 9.79 Å². The van der Waals surface area contributed by atoms with Crippen molar-refractivity contribution in [3.8, 4) is 56.4 Å². The standard InChI is InChI=1S/C66H42B2N2O2S/c1-6-21-43(22-7-1)46-37-57-64-60(38-46)72-59-42-62-55(68-53-34-17-19-36-58(53)71-61-39-49(40-63(73-62)65(61)68)69(47-27-12-4-13-28-47)48-29-14-5-15-30-48)41-54(59)67(64)52-33-16-18-35-56(52)70(57)66-50(44-23-8-2-9-24-44)31-20-32-51(66)45-25-10-3-11-26-45/h1-42H. The summed E-state index contributed by atoms with van der Waals surface area (Å²) in [6.07, 6.45) is 0. The van der Waals surface area contributed by atoms with E-state index in [1.807, 2.05) is 11.8 Å². The van der Waals surface area contributed by atoms with Crippen LogP contribution in [0.5, 0.6) is 23.0 Å². The predicted molar refractivity (Wildman–Crippen MR) is 305 cm³/mol. The average molecular weight is 949 g/mol. The molecule has 0 saturated carbocycles. The number of benzene rings is 11. The van der Waals surface area contributed by atoms with Gasteiger partial charge in [0, 0.05) is 49.7 Å². The highest BCUT2D eigenvalue weighted by Crippen LogP contribution is 2.51. The maximum atomic E-state index is 7.45. The van der Waals surface area contributed by atoms with Crippen LogP contribution in [-0.2, 0) is 0 Å². The zero-order valence-corrected chi connectivity index (χ0v) is 40.3. The van der Waals surface area contributed by atoms with Crippen LogP contribution >= 0.6 is 11.8 Å². The molecule has 340 valence electrons. The van der Waals surface area contributed by atoms with Crippen LogP contribution in [0.2, 0.25) is 0 Å². The number of nitrogens with zero attached hydrogens (tertiary/aromatic N) is 2. The van der Waals surface area contributed by atoms with Gasteiger partial charge < -0.3 is 19.3 Å². The monoisotopic (exact) mass is 948 g/mol. The number of fused-ring (bicyclic) bond motifs is 8. The van der Waals surface area contributed by atoms with Gasteiger partial charge in [0.1, 0.15) is 23.0 Å². The first-order valence-corrected chi connectivity index (χ1v) is 25.8. The van der Waals surface area contributed by atoms with E-state index in [1.165, 1.54) is 31.6 Å². The predicted octanol–water partition coefficient (Wildman–Crippen LogP) is 13.6. The Balaban J connectivity index is 0.958. The van der Waals surface area contributed by atoms with E-state index in [-0.39, 0.29) is 13.4 Å². The summed E-state index contributed by atoms with van der Waals surface area (Å²) in [5.41, 5.74) is 20.6. The molecule has 0 bridgehead atoms. The average Bonchev–Trinajstić information content (AvgIpc) is 3.45. The Labute approximate surface area is 429 Å². The lowest BCUT2D eigenvalue weighted by Crippen LogP contribution is -2.62. The molecule has 0 atom stereocenters. The molecule has 0 saturated heterocycles. The zero-order valence-electron chi connectivity index (χ0n) is 39.5. The van der Waals surface area contributed by atoms with Crippen molar-refractivity contribution < 1.29 is 9.47 Å². The van der Waals surface area contributed by atoms with Crippen LogP contribution in [0, 0.1) is 0 Å². The van der Waals surface area contributed by atoms with Gasteiger partial charge in [-0.15, -0.1) is 0 Å². The molecule has 4 aliphatic rings. The summed E-state index contributed by atoms with van der Waals surface area (Å²) in [7, 11) is 0. The lowest BCUT2D eigenvalue weighted by molar-refractivity contribution is 0.486. The second kappa shape index (κ2) is 16.9. The second-order valence-electron chi connectivity index (χ2n) is 19.1. The molecule has 0 aliphatic carbocycles. The van der Waals surface area contributed by atoms with E-state index in [1.54, 1.807) is 0 Å². The molecule has 4 aliphatic heterocycles. The Kier molecular flexibility index (Phi) is 9.67. The van der Waals surface area contributed by atoms with E-state index in [2.05, 4.69) is 265 Å². The summed E-state index contributed by atoms with van der Waals surface area (Å²) < 4.78 is 14.4. The Morgan fingerprint density at radius 3 is 1.55 bits per heavy atom. The van der Waals surface area contributed by atoms with E-state index in [4.69, 9.17) is 9.47 Å². The Morgan fingerprint density at radius 2 is 0.877 bits per heavy atom. The third kappa shape index (κ3) is 6.73. The molecule has 0 fully saturated rings. The molecule has 0 aromatic heterocycles. The maximum absolute atomic E-state index is 7.45. The Hall–Kier alpha value is -8.90. The summed E-state index contributed by atoms with van der Waals surface area (Å²) in [6.45, 7) is -0.177.